The molecule has 3 aromatic heterocycles. The number of fused-ring (bicyclic) bond motifs is 1. The number of aryl methyl sites for hydroxylation is 1. The normalized spacial score (nSPS) is 14.5. The van der Waals surface area contributed by atoms with E-state index in [0.29, 0.717) is 0 Å². The average Bonchev–Trinajstić information content (AvgIpc) is 2.85. The summed E-state index contributed by atoms with van der Waals surface area (Å²) in [7, 11) is 0. The number of nitrogens with zero attached hydrogens (tertiary/aromatic N) is 5. The van der Waals surface area contributed by atoms with Gasteiger partial charge in [-0.1, -0.05) is 18.2 Å². The number of anilines is 2. The van der Waals surface area contributed by atoms with E-state index in [2.05, 4.69) is 30.4 Å². The van der Waals surface area contributed by atoms with E-state index < -0.39 is 0 Å². The van der Waals surface area contributed by atoms with E-state index in [1.165, 1.54) is 0 Å². The Morgan fingerprint density at radius 2 is 1.88 bits per heavy atom. The second-order valence-electron chi connectivity index (χ2n) is 8.10. The van der Waals surface area contributed by atoms with Crippen molar-refractivity contribution < 1.29 is 4.79 Å². The molecule has 0 saturated carbocycles. The van der Waals surface area contributed by atoms with Crippen LogP contribution in [0.5, 0.6) is 0 Å². The largest absolute Gasteiger partial charge is 0.355 e. The van der Waals surface area contributed by atoms with Crippen LogP contribution in [-0.2, 0) is 4.79 Å². The Morgan fingerprint density at radius 3 is 2.62 bits per heavy atom. The average molecular weight is 425 g/mol. The Morgan fingerprint density at radius 1 is 1.03 bits per heavy atom. The molecule has 32 heavy (non-hydrogen) atoms. The maximum Gasteiger partial charge on any atom is 0.227 e. The van der Waals surface area contributed by atoms with Crippen LogP contribution in [0.3, 0.4) is 0 Å². The second-order valence-corrected chi connectivity index (χ2v) is 8.10. The highest BCUT2D eigenvalue weighted by atomic mass is 16.1. The summed E-state index contributed by atoms with van der Waals surface area (Å²) < 4.78 is 0. The predicted molar refractivity (Wildman–Crippen MR) is 125 cm³/mol. The lowest BCUT2D eigenvalue weighted by molar-refractivity contribution is -0.120. The van der Waals surface area contributed by atoms with E-state index in [4.69, 9.17) is 0 Å². The van der Waals surface area contributed by atoms with Gasteiger partial charge in [-0.3, -0.25) is 14.8 Å². The minimum atomic E-state index is -0.0268. The molecule has 1 amide bonds. The lowest BCUT2D eigenvalue weighted by atomic mass is 9.95. The van der Waals surface area contributed by atoms with E-state index >= 15 is 0 Å². The molecule has 4 aromatic rings. The van der Waals surface area contributed by atoms with Gasteiger partial charge in [0.25, 0.3) is 0 Å². The van der Waals surface area contributed by atoms with E-state index in [-0.39, 0.29) is 11.8 Å². The van der Waals surface area contributed by atoms with Crippen molar-refractivity contribution in [3.05, 3.63) is 72.7 Å². The van der Waals surface area contributed by atoms with Crippen LogP contribution in [-0.4, -0.2) is 39.2 Å². The lowest BCUT2D eigenvalue weighted by Gasteiger charge is -2.32. The Hall–Kier alpha value is -3.87. The van der Waals surface area contributed by atoms with Crippen molar-refractivity contribution >= 4 is 28.3 Å². The first-order chi connectivity index (χ1) is 15.7. The molecule has 4 heterocycles. The molecular formula is C25H24N6O. The molecule has 1 saturated heterocycles. The summed E-state index contributed by atoms with van der Waals surface area (Å²) in [6, 6.07) is 17.6. The van der Waals surface area contributed by atoms with Crippen molar-refractivity contribution in [3.63, 3.8) is 0 Å². The molecule has 0 aliphatic carbocycles. The number of amides is 1. The topological polar surface area (TPSA) is 83.9 Å². The molecule has 1 aliphatic heterocycles. The number of rotatable bonds is 4. The van der Waals surface area contributed by atoms with Crippen molar-refractivity contribution in [2.24, 2.45) is 5.92 Å². The third-order valence-corrected chi connectivity index (χ3v) is 5.90. The molecule has 7 heteroatoms. The maximum atomic E-state index is 13.0. The fraction of sp³-hybridized carbons (Fsp3) is 0.240. The summed E-state index contributed by atoms with van der Waals surface area (Å²) in [5.41, 5.74) is 4.36. The fourth-order valence-electron chi connectivity index (χ4n) is 4.18. The highest BCUT2D eigenvalue weighted by Gasteiger charge is 2.26. The highest BCUT2D eigenvalue weighted by molar-refractivity contribution is 6.01. The van der Waals surface area contributed by atoms with E-state index in [1.807, 2.05) is 61.5 Å². The first-order valence-corrected chi connectivity index (χ1v) is 10.8. The number of aromatic nitrogens is 4. The quantitative estimate of drug-likeness (QED) is 0.527. The van der Waals surface area contributed by atoms with E-state index in [1.54, 1.807) is 12.4 Å². The number of benzene rings is 1. The van der Waals surface area contributed by atoms with Crippen LogP contribution in [0.1, 0.15) is 18.5 Å². The van der Waals surface area contributed by atoms with Crippen molar-refractivity contribution in [2.45, 2.75) is 19.8 Å². The van der Waals surface area contributed by atoms with Crippen LogP contribution in [0.25, 0.3) is 22.2 Å². The maximum absolute atomic E-state index is 13.0. The zero-order valence-corrected chi connectivity index (χ0v) is 17.9. The van der Waals surface area contributed by atoms with Gasteiger partial charge < -0.3 is 10.2 Å². The number of piperidine rings is 1. The molecule has 1 aromatic carbocycles. The van der Waals surface area contributed by atoms with E-state index in [0.717, 1.165) is 65.3 Å². The van der Waals surface area contributed by atoms with Gasteiger partial charge in [0.1, 0.15) is 0 Å². The Balaban J connectivity index is 1.23. The number of hydrogen-bond donors (Lipinski definition) is 1. The van der Waals surface area contributed by atoms with Crippen molar-refractivity contribution in [3.8, 4) is 11.3 Å². The molecule has 7 nitrogen and oxygen atoms in total. The number of carbonyl (C=O) groups is 1. The molecule has 0 spiro atoms. The van der Waals surface area contributed by atoms with Crippen LogP contribution in [0, 0.1) is 12.8 Å². The monoisotopic (exact) mass is 424 g/mol. The summed E-state index contributed by atoms with van der Waals surface area (Å²) in [4.78, 5) is 23.9. The summed E-state index contributed by atoms with van der Waals surface area (Å²) >= 11 is 0. The Bertz CT molecular complexity index is 1230. The summed E-state index contributed by atoms with van der Waals surface area (Å²) in [5.74, 6) is 0.881. The molecule has 0 radical (unpaired) electrons. The van der Waals surface area contributed by atoms with Gasteiger partial charge in [-0.25, -0.2) is 0 Å². The summed E-state index contributed by atoms with van der Waals surface area (Å²) in [5, 5.41) is 12.9. The first-order valence-electron chi connectivity index (χ1n) is 10.8. The van der Waals surface area contributed by atoms with Gasteiger partial charge in [0.2, 0.25) is 5.91 Å². The molecule has 0 atom stereocenters. The number of hydrogen-bond acceptors (Lipinski definition) is 6. The van der Waals surface area contributed by atoms with Gasteiger partial charge in [-0.15, -0.1) is 10.2 Å². The Labute approximate surface area is 186 Å². The summed E-state index contributed by atoms with van der Waals surface area (Å²) in [6.45, 7) is 3.49. The third-order valence-electron chi connectivity index (χ3n) is 5.90. The Kier molecular flexibility index (Phi) is 5.46. The minimum absolute atomic E-state index is 0.0268. The van der Waals surface area contributed by atoms with Crippen molar-refractivity contribution in [1.82, 2.24) is 20.2 Å². The van der Waals surface area contributed by atoms with Crippen molar-refractivity contribution in [2.75, 3.05) is 23.3 Å². The lowest BCUT2D eigenvalue weighted by Crippen LogP contribution is -2.38. The molecule has 160 valence electrons. The summed E-state index contributed by atoms with van der Waals surface area (Å²) in [6.07, 6.45) is 5.07. The highest BCUT2D eigenvalue weighted by Crippen LogP contribution is 2.27. The molecule has 5 rings (SSSR count). The zero-order valence-electron chi connectivity index (χ0n) is 17.9. The van der Waals surface area contributed by atoms with Gasteiger partial charge in [0.05, 0.1) is 16.9 Å². The third kappa shape index (κ3) is 4.14. The van der Waals surface area contributed by atoms with Gasteiger partial charge in [-0.2, -0.15) is 0 Å². The molecule has 1 fully saturated rings. The number of para-hydroxylation sites is 1. The molecular weight excluding hydrogens is 400 g/mol. The number of carbonyl (C=O) groups excluding carboxylic acids is 1. The SMILES string of the molecule is Cc1cc(NC(=O)C2CCN(c3ccc(-c4cccnc4)nn3)CC2)c2ccccc2n1. The predicted octanol–water partition coefficient (Wildman–Crippen LogP) is 4.25. The van der Waals surface area contributed by atoms with Gasteiger partial charge in [0, 0.05) is 48.0 Å². The van der Waals surface area contributed by atoms with Gasteiger partial charge >= 0.3 is 0 Å². The van der Waals surface area contributed by atoms with Crippen LogP contribution in [0.2, 0.25) is 0 Å². The molecule has 1 aliphatic rings. The van der Waals surface area contributed by atoms with Crippen molar-refractivity contribution in [1.29, 1.82) is 0 Å². The van der Waals surface area contributed by atoms with Gasteiger partial charge in [0.15, 0.2) is 5.82 Å². The molecule has 0 bridgehead atoms. The smallest absolute Gasteiger partial charge is 0.227 e. The fourth-order valence-corrected chi connectivity index (χ4v) is 4.18. The standard InChI is InChI=1S/C25H24N6O/c1-17-15-23(20-6-2-3-7-22(20)27-17)28-25(32)18-10-13-31(14-11-18)24-9-8-21(29-30-24)19-5-4-12-26-16-19/h2-9,12,15-16,18H,10-11,13-14H2,1H3,(H,27,28,32). The van der Waals surface area contributed by atoms with Gasteiger partial charge in [-0.05, 0) is 56.2 Å². The van der Waals surface area contributed by atoms with Crippen LogP contribution >= 0.6 is 0 Å². The molecule has 0 unspecified atom stereocenters. The van der Waals surface area contributed by atoms with Crippen LogP contribution in [0.4, 0.5) is 11.5 Å². The molecule has 1 N–H and O–H groups in total. The number of nitrogens with one attached hydrogen (secondary N) is 1. The zero-order chi connectivity index (χ0) is 21.9. The van der Waals surface area contributed by atoms with Crippen LogP contribution in [0.15, 0.2) is 67.0 Å². The number of pyridine rings is 2. The van der Waals surface area contributed by atoms with Crippen LogP contribution < -0.4 is 10.2 Å². The van der Waals surface area contributed by atoms with E-state index in [9.17, 15) is 4.79 Å². The second kappa shape index (κ2) is 8.70. The first kappa shape index (κ1) is 20.1. The minimum Gasteiger partial charge on any atom is -0.355 e.